The second-order valence-electron chi connectivity index (χ2n) is 4.56. The topological polar surface area (TPSA) is 38.3 Å². The molecule has 0 fully saturated rings. The van der Waals surface area contributed by atoms with Gasteiger partial charge in [-0.3, -0.25) is 0 Å². The van der Waals surface area contributed by atoms with Crippen molar-refractivity contribution in [1.82, 2.24) is 5.32 Å². The van der Waals surface area contributed by atoms with Crippen molar-refractivity contribution in [2.45, 2.75) is 57.5 Å². The number of halogens is 1. The normalized spacial score (nSPS) is 15.9. The van der Waals surface area contributed by atoms with Gasteiger partial charge < -0.3 is 10.1 Å². The van der Waals surface area contributed by atoms with Crippen molar-refractivity contribution in [1.29, 1.82) is 0 Å². The molecule has 4 heteroatoms. The third-order valence-corrected chi connectivity index (χ3v) is 1.82. The molecule has 1 amide bonds. The largest absolute Gasteiger partial charge is 0.444 e. The Morgan fingerprint density at radius 1 is 1.43 bits per heavy atom. The molecule has 0 saturated heterocycles. The van der Waals surface area contributed by atoms with Crippen LogP contribution in [0.25, 0.3) is 0 Å². The molecule has 0 aromatic carbocycles. The van der Waals surface area contributed by atoms with Crippen LogP contribution in [0.1, 0.15) is 41.0 Å². The third-order valence-electron chi connectivity index (χ3n) is 1.44. The fourth-order valence-corrected chi connectivity index (χ4v) is 1.62. The Bertz CT molecular complexity index is 187. The van der Waals surface area contributed by atoms with Crippen LogP contribution in [0, 0.1) is 0 Å². The minimum absolute atomic E-state index is 0.124. The predicted molar refractivity (Wildman–Crippen MR) is 61.8 cm³/mol. The molecular formula is C10H20BrNO2. The average molecular weight is 266 g/mol. The van der Waals surface area contributed by atoms with E-state index in [0.29, 0.717) is 4.83 Å². The van der Waals surface area contributed by atoms with Crippen molar-refractivity contribution in [3.05, 3.63) is 0 Å². The average Bonchev–Trinajstić information content (AvgIpc) is 1.77. The number of alkyl carbamates (subject to hydrolysis) is 1. The first-order chi connectivity index (χ1) is 6.20. The van der Waals surface area contributed by atoms with Crippen LogP contribution in [0.3, 0.4) is 0 Å². The summed E-state index contributed by atoms with van der Waals surface area (Å²) in [6, 6.07) is 0.124. The molecule has 0 heterocycles. The van der Waals surface area contributed by atoms with Crippen LogP contribution in [0.4, 0.5) is 4.79 Å². The van der Waals surface area contributed by atoms with Crippen molar-refractivity contribution >= 4 is 22.0 Å². The van der Waals surface area contributed by atoms with E-state index >= 15 is 0 Å². The monoisotopic (exact) mass is 265 g/mol. The Morgan fingerprint density at radius 2 is 1.93 bits per heavy atom. The van der Waals surface area contributed by atoms with Crippen LogP contribution >= 0.6 is 15.9 Å². The molecule has 84 valence electrons. The number of amides is 1. The maximum atomic E-state index is 11.3. The Morgan fingerprint density at radius 3 is 2.29 bits per heavy atom. The molecule has 2 unspecified atom stereocenters. The first-order valence-electron chi connectivity index (χ1n) is 4.84. The van der Waals surface area contributed by atoms with Crippen LogP contribution < -0.4 is 5.32 Å². The molecule has 0 spiro atoms. The minimum atomic E-state index is -0.427. The molecule has 1 N–H and O–H groups in total. The molecule has 0 rings (SSSR count). The third kappa shape index (κ3) is 8.35. The van der Waals surface area contributed by atoms with Gasteiger partial charge in [0.15, 0.2) is 0 Å². The summed E-state index contributed by atoms with van der Waals surface area (Å²) < 4.78 is 5.12. The van der Waals surface area contributed by atoms with E-state index in [2.05, 4.69) is 21.2 Å². The lowest BCUT2D eigenvalue weighted by atomic mass is 10.2. The van der Waals surface area contributed by atoms with E-state index < -0.39 is 5.60 Å². The fourth-order valence-electron chi connectivity index (χ4n) is 1.05. The summed E-state index contributed by atoms with van der Waals surface area (Å²) in [5, 5.41) is 2.78. The van der Waals surface area contributed by atoms with Crippen LogP contribution in [0.5, 0.6) is 0 Å². The minimum Gasteiger partial charge on any atom is -0.444 e. The molecule has 2 atom stereocenters. The van der Waals surface area contributed by atoms with Gasteiger partial charge in [-0.1, -0.05) is 22.9 Å². The molecule has 0 aliphatic carbocycles. The lowest BCUT2D eigenvalue weighted by Crippen LogP contribution is -2.38. The van der Waals surface area contributed by atoms with Crippen LogP contribution in [0.2, 0.25) is 0 Å². The molecular weight excluding hydrogens is 246 g/mol. The summed E-state index contributed by atoms with van der Waals surface area (Å²) >= 11 is 3.43. The number of hydrogen-bond donors (Lipinski definition) is 1. The van der Waals surface area contributed by atoms with Crippen LogP contribution in [-0.4, -0.2) is 22.6 Å². The summed E-state index contributed by atoms with van der Waals surface area (Å²) in [5.41, 5.74) is -0.427. The Balaban J connectivity index is 3.83. The zero-order valence-electron chi connectivity index (χ0n) is 9.56. The highest BCUT2D eigenvalue weighted by Crippen LogP contribution is 2.09. The van der Waals surface area contributed by atoms with Gasteiger partial charge in [0.1, 0.15) is 5.60 Å². The van der Waals surface area contributed by atoms with Gasteiger partial charge in [0, 0.05) is 10.9 Å². The Hall–Kier alpha value is -0.250. The van der Waals surface area contributed by atoms with E-state index in [0.717, 1.165) is 6.42 Å². The molecule has 0 aliphatic heterocycles. The van der Waals surface area contributed by atoms with Crippen molar-refractivity contribution < 1.29 is 9.53 Å². The number of rotatable bonds is 3. The Labute approximate surface area is 94.7 Å². The fraction of sp³-hybridized carbons (Fsp3) is 0.900. The van der Waals surface area contributed by atoms with E-state index in [-0.39, 0.29) is 12.1 Å². The first-order valence-corrected chi connectivity index (χ1v) is 5.76. The lowest BCUT2D eigenvalue weighted by Gasteiger charge is -2.22. The maximum absolute atomic E-state index is 11.3. The molecule has 14 heavy (non-hydrogen) atoms. The van der Waals surface area contributed by atoms with Gasteiger partial charge in [-0.05, 0) is 34.1 Å². The summed E-state index contributed by atoms with van der Waals surface area (Å²) in [7, 11) is 0. The molecule has 0 aliphatic rings. The molecule has 0 bridgehead atoms. The van der Waals surface area contributed by atoms with Crippen molar-refractivity contribution in [2.75, 3.05) is 0 Å². The highest BCUT2D eigenvalue weighted by atomic mass is 79.9. The predicted octanol–water partition coefficient (Wildman–Crippen LogP) is 3.07. The summed E-state index contributed by atoms with van der Waals surface area (Å²) in [6.07, 6.45) is 0.539. The van der Waals surface area contributed by atoms with Crippen molar-refractivity contribution in [3.63, 3.8) is 0 Å². The lowest BCUT2D eigenvalue weighted by molar-refractivity contribution is 0.0507. The first kappa shape index (κ1) is 13.8. The van der Waals surface area contributed by atoms with Crippen LogP contribution in [-0.2, 0) is 4.74 Å². The van der Waals surface area contributed by atoms with Crippen LogP contribution in [0.15, 0.2) is 0 Å². The van der Waals surface area contributed by atoms with E-state index in [4.69, 9.17) is 4.74 Å². The maximum Gasteiger partial charge on any atom is 0.407 e. The summed E-state index contributed by atoms with van der Waals surface area (Å²) in [5.74, 6) is 0. The second kappa shape index (κ2) is 5.59. The van der Waals surface area contributed by atoms with Gasteiger partial charge in [0.2, 0.25) is 0 Å². The molecule has 0 radical (unpaired) electrons. The number of hydrogen-bond acceptors (Lipinski definition) is 2. The standard InChI is InChI=1S/C10H20BrNO2/c1-7(11)6-8(2)12-9(13)14-10(3,4)5/h7-8H,6H2,1-5H3,(H,12,13). The highest BCUT2D eigenvalue weighted by molar-refractivity contribution is 9.09. The number of carbonyl (C=O) groups is 1. The van der Waals surface area contributed by atoms with E-state index in [9.17, 15) is 4.79 Å². The molecule has 0 saturated carbocycles. The van der Waals surface area contributed by atoms with Crippen molar-refractivity contribution in [3.8, 4) is 0 Å². The van der Waals surface area contributed by atoms with Gasteiger partial charge in [-0.2, -0.15) is 0 Å². The molecule has 3 nitrogen and oxygen atoms in total. The zero-order chi connectivity index (χ0) is 11.4. The van der Waals surface area contributed by atoms with Crippen molar-refractivity contribution in [2.24, 2.45) is 0 Å². The summed E-state index contributed by atoms with van der Waals surface area (Å²) in [6.45, 7) is 9.56. The number of alkyl halides is 1. The molecule has 0 aromatic heterocycles. The SMILES string of the molecule is CC(Br)CC(C)NC(=O)OC(C)(C)C. The smallest absolute Gasteiger partial charge is 0.407 e. The second-order valence-corrected chi connectivity index (χ2v) is 6.13. The zero-order valence-corrected chi connectivity index (χ0v) is 11.1. The molecule has 0 aromatic rings. The van der Waals surface area contributed by atoms with Gasteiger partial charge in [-0.25, -0.2) is 4.79 Å². The summed E-state index contributed by atoms with van der Waals surface area (Å²) in [4.78, 5) is 11.7. The quantitative estimate of drug-likeness (QED) is 0.797. The van der Waals surface area contributed by atoms with E-state index in [1.165, 1.54) is 0 Å². The van der Waals surface area contributed by atoms with E-state index in [1.54, 1.807) is 0 Å². The van der Waals surface area contributed by atoms with Gasteiger partial charge >= 0.3 is 6.09 Å². The number of carbonyl (C=O) groups excluding carboxylic acids is 1. The van der Waals surface area contributed by atoms with Gasteiger partial charge in [0.05, 0.1) is 0 Å². The highest BCUT2D eigenvalue weighted by Gasteiger charge is 2.17. The van der Waals surface area contributed by atoms with Gasteiger partial charge in [-0.15, -0.1) is 0 Å². The van der Waals surface area contributed by atoms with Gasteiger partial charge in [0.25, 0.3) is 0 Å². The number of nitrogens with one attached hydrogen (secondary N) is 1. The Kier molecular flexibility index (Phi) is 5.49. The van der Waals surface area contributed by atoms with E-state index in [1.807, 2.05) is 34.6 Å². The number of ether oxygens (including phenoxy) is 1.